The van der Waals surface area contributed by atoms with E-state index in [1.54, 1.807) is 18.7 Å². The molecule has 0 saturated heterocycles. The lowest BCUT2D eigenvalue weighted by molar-refractivity contribution is -0.385. The number of thioether (sulfide) groups is 1. The Labute approximate surface area is 132 Å². The van der Waals surface area contributed by atoms with Gasteiger partial charge >= 0.3 is 5.97 Å². The Morgan fingerprint density at radius 2 is 1.91 bits per heavy atom. The largest absolute Gasteiger partial charge is 0.457 e. The summed E-state index contributed by atoms with van der Waals surface area (Å²) < 4.78 is 5.23. The molecule has 0 radical (unpaired) electrons. The molecule has 6 heteroatoms. The van der Waals surface area contributed by atoms with Gasteiger partial charge in [-0.05, 0) is 36.9 Å². The van der Waals surface area contributed by atoms with E-state index in [0.717, 1.165) is 10.5 Å². The lowest BCUT2D eigenvalue weighted by Gasteiger charge is -2.08. The summed E-state index contributed by atoms with van der Waals surface area (Å²) in [7, 11) is 0. The zero-order chi connectivity index (χ0) is 16.1. The van der Waals surface area contributed by atoms with Crippen LogP contribution in [0.25, 0.3) is 0 Å². The first-order valence-electron chi connectivity index (χ1n) is 6.57. The van der Waals surface area contributed by atoms with E-state index in [9.17, 15) is 14.9 Å². The van der Waals surface area contributed by atoms with Gasteiger partial charge in [0.2, 0.25) is 0 Å². The van der Waals surface area contributed by atoms with Crippen LogP contribution in [0.4, 0.5) is 5.69 Å². The smallest absolute Gasteiger partial charge is 0.338 e. The number of nitro groups is 1. The predicted molar refractivity (Wildman–Crippen MR) is 85.2 cm³/mol. The van der Waals surface area contributed by atoms with Crippen molar-refractivity contribution in [2.45, 2.75) is 18.4 Å². The van der Waals surface area contributed by atoms with Gasteiger partial charge in [-0.1, -0.05) is 18.2 Å². The minimum atomic E-state index is -0.560. The molecule has 2 rings (SSSR count). The summed E-state index contributed by atoms with van der Waals surface area (Å²) in [5.74, 6) is -0.560. The van der Waals surface area contributed by atoms with Gasteiger partial charge < -0.3 is 4.74 Å². The third-order valence-corrected chi connectivity index (χ3v) is 3.99. The number of esters is 1. The summed E-state index contributed by atoms with van der Waals surface area (Å²) in [6.45, 7) is 1.68. The average molecular weight is 317 g/mol. The van der Waals surface area contributed by atoms with Crippen LogP contribution >= 0.6 is 11.8 Å². The van der Waals surface area contributed by atoms with E-state index >= 15 is 0 Å². The molecule has 0 saturated carbocycles. The maximum absolute atomic E-state index is 12.1. The van der Waals surface area contributed by atoms with Gasteiger partial charge in [0.1, 0.15) is 6.61 Å². The standard InChI is InChI=1S/C16H15NO4S/c1-11-14(4-3-5-15(11)17(19)20)16(18)21-10-12-6-8-13(22-2)9-7-12/h3-9H,10H2,1-2H3. The van der Waals surface area contributed by atoms with Crippen LogP contribution in [0.3, 0.4) is 0 Å². The van der Waals surface area contributed by atoms with Crippen LogP contribution in [0.15, 0.2) is 47.4 Å². The van der Waals surface area contributed by atoms with Crippen LogP contribution in [0.5, 0.6) is 0 Å². The highest BCUT2D eigenvalue weighted by Crippen LogP contribution is 2.22. The van der Waals surface area contributed by atoms with Gasteiger partial charge in [0, 0.05) is 16.5 Å². The highest BCUT2D eigenvalue weighted by atomic mass is 32.2. The number of nitro benzene ring substituents is 1. The highest BCUT2D eigenvalue weighted by molar-refractivity contribution is 7.98. The topological polar surface area (TPSA) is 69.4 Å². The number of benzene rings is 2. The van der Waals surface area contributed by atoms with Crippen LogP contribution in [-0.2, 0) is 11.3 Å². The fraction of sp³-hybridized carbons (Fsp3) is 0.188. The van der Waals surface area contributed by atoms with Gasteiger partial charge in [0.15, 0.2) is 0 Å². The molecule has 0 aliphatic rings. The quantitative estimate of drug-likeness (QED) is 0.361. The van der Waals surface area contributed by atoms with Gasteiger partial charge in [-0.2, -0.15) is 0 Å². The first-order chi connectivity index (χ1) is 10.5. The first-order valence-corrected chi connectivity index (χ1v) is 7.79. The van der Waals surface area contributed by atoms with E-state index in [1.807, 2.05) is 30.5 Å². The van der Waals surface area contributed by atoms with Crippen molar-refractivity contribution in [1.82, 2.24) is 0 Å². The Kier molecular flexibility index (Phi) is 5.16. The molecule has 0 heterocycles. The van der Waals surface area contributed by atoms with Crippen molar-refractivity contribution in [2.75, 3.05) is 6.26 Å². The summed E-state index contributed by atoms with van der Waals surface area (Å²) >= 11 is 1.63. The molecule has 0 fully saturated rings. The van der Waals surface area contributed by atoms with E-state index < -0.39 is 10.9 Å². The molecule has 0 N–H and O–H groups in total. The second kappa shape index (κ2) is 7.09. The fourth-order valence-electron chi connectivity index (χ4n) is 1.99. The third kappa shape index (κ3) is 3.65. The molecule has 2 aromatic rings. The van der Waals surface area contributed by atoms with Crippen LogP contribution < -0.4 is 0 Å². The average Bonchev–Trinajstić information content (AvgIpc) is 2.53. The minimum absolute atomic E-state index is 0.0845. The molecule has 0 aliphatic heterocycles. The van der Waals surface area contributed by atoms with Crippen molar-refractivity contribution < 1.29 is 14.5 Å². The molecule has 2 aromatic carbocycles. The Balaban J connectivity index is 2.09. The number of hydrogen-bond acceptors (Lipinski definition) is 5. The number of carbonyl (C=O) groups excluding carboxylic acids is 1. The molecule has 0 unspecified atom stereocenters. The molecule has 22 heavy (non-hydrogen) atoms. The van der Waals surface area contributed by atoms with Crippen molar-refractivity contribution in [3.05, 3.63) is 69.3 Å². The van der Waals surface area contributed by atoms with Crippen molar-refractivity contribution in [1.29, 1.82) is 0 Å². The van der Waals surface area contributed by atoms with E-state index in [0.29, 0.717) is 5.56 Å². The Bertz CT molecular complexity index is 698. The lowest BCUT2D eigenvalue weighted by atomic mass is 10.1. The van der Waals surface area contributed by atoms with Gasteiger partial charge in [-0.25, -0.2) is 4.79 Å². The number of carbonyl (C=O) groups is 1. The van der Waals surface area contributed by atoms with Gasteiger partial charge in [0.05, 0.1) is 10.5 Å². The van der Waals surface area contributed by atoms with E-state index in [1.165, 1.54) is 18.2 Å². The van der Waals surface area contributed by atoms with Crippen LogP contribution in [-0.4, -0.2) is 17.1 Å². The summed E-state index contributed by atoms with van der Waals surface area (Å²) in [4.78, 5) is 23.6. The molecule has 0 bridgehead atoms. The predicted octanol–water partition coefficient (Wildman–Crippen LogP) is 3.98. The van der Waals surface area contributed by atoms with Crippen LogP contribution in [0.1, 0.15) is 21.5 Å². The van der Waals surface area contributed by atoms with E-state index in [4.69, 9.17) is 4.74 Å². The van der Waals surface area contributed by atoms with Crippen molar-refractivity contribution >= 4 is 23.4 Å². The van der Waals surface area contributed by atoms with Crippen LogP contribution in [0.2, 0.25) is 0 Å². The second-order valence-electron chi connectivity index (χ2n) is 4.63. The summed E-state index contributed by atoms with van der Waals surface area (Å²) in [6, 6.07) is 12.1. The van der Waals surface area contributed by atoms with Crippen LogP contribution in [0, 0.1) is 17.0 Å². The van der Waals surface area contributed by atoms with Gasteiger partial charge in [-0.15, -0.1) is 11.8 Å². The first kappa shape index (κ1) is 16.0. The summed E-state index contributed by atoms with van der Waals surface area (Å²) in [5, 5.41) is 10.9. The zero-order valence-corrected chi connectivity index (χ0v) is 13.1. The van der Waals surface area contributed by atoms with E-state index in [2.05, 4.69) is 0 Å². The molecule has 0 aromatic heterocycles. The second-order valence-corrected chi connectivity index (χ2v) is 5.51. The molecule has 0 spiro atoms. The summed E-state index contributed by atoms with van der Waals surface area (Å²) in [6.07, 6.45) is 1.99. The molecule has 0 amide bonds. The zero-order valence-electron chi connectivity index (χ0n) is 12.2. The number of nitrogens with zero attached hydrogens (tertiary/aromatic N) is 1. The normalized spacial score (nSPS) is 10.3. The van der Waals surface area contributed by atoms with Crippen molar-refractivity contribution in [2.24, 2.45) is 0 Å². The number of ether oxygens (including phenoxy) is 1. The monoisotopic (exact) mass is 317 g/mol. The molecular weight excluding hydrogens is 302 g/mol. The van der Waals surface area contributed by atoms with Gasteiger partial charge in [-0.3, -0.25) is 10.1 Å². The van der Waals surface area contributed by atoms with Gasteiger partial charge in [0.25, 0.3) is 5.69 Å². The molecule has 0 aliphatic carbocycles. The van der Waals surface area contributed by atoms with Crippen molar-refractivity contribution in [3.8, 4) is 0 Å². The summed E-state index contributed by atoms with van der Waals surface area (Å²) in [5.41, 5.74) is 1.32. The maximum Gasteiger partial charge on any atom is 0.338 e. The maximum atomic E-state index is 12.1. The molecule has 0 atom stereocenters. The van der Waals surface area contributed by atoms with Crippen molar-refractivity contribution in [3.63, 3.8) is 0 Å². The molecular formula is C16H15NO4S. The number of hydrogen-bond donors (Lipinski definition) is 0. The minimum Gasteiger partial charge on any atom is -0.457 e. The molecule has 5 nitrogen and oxygen atoms in total. The Morgan fingerprint density at radius 3 is 2.50 bits per heavy atom. The Morgan fingerprint density at radius 1 is 1.23 bits per heavy atom. The molecule has 114 valence electrons. The lowest BCUT2D eigenvalue weighted by Crippen LogP contribution is -2.08. The highest BCUT2D eigenvalue weighted by Gasteiger charge is 2.18. The Hall–Kier alpha value is -2.34. The number of rotatable bonds is 5. The fourth-order valence-corrected chi connectivity index (χ4v) is 2.40. The third-order valence-electron chi connectivity index (χ3n) is 3.25. The SMILES string of the molecule is CSc1ccc(COC(=O)c2cccc([N+](=O)[O-])c2C)cc1. The van der Waals surface area contributed by atoms with E-state index in [-0.39, 0.29) is 17.9 Å².